The number of hydrogen-bond donors (Lipinski definition) is 0. The summed E-state index contributed by atoms with van der Waals surface area (Å²) in [5.41, 5.74) is 4.96. The summed E-state index contributed by atoms with van der Waals surface area (Å²) >= 11 is 3.55. The minimum absolute atomic E-state index is 0.881. The number of rotatable bonds is 4. The molecule has 24 heavy (non-hydrogen) atoms. The topological polar surface area (TPSA) is 9.23 Å². The Labute approximate surface area is 149 Å². The fourth-order valence-corrected chi connectivity index (χ4v) is 4.18. The first-order valence-electron chi connectivity index (χ1n) is 7.71. The van der Waals surface area contributed by atoms with Crippen molar-refractivity contribution in [1.29, 1.82) is 0 Å². The SMILES string of the molecule is COc1ccc(-c2cc(-c3cccs3)cc(-c3cccs3)c2)cc1. The molecule has 0 unspecified atom stereocenters. The molecule has 0 amide bonds. The van der Waals surface area contributed by atoms with Gasteiger partial charge in [-0.3, -0.25) is 0 Å². The van der Waals surface area contributed by atoms with Crippen LogP contribution < -0.4 is 4.74 Å². The lowest BCUT2D eigenvalue weighted by atomic mass is 9.98. The van der Waals surface area contributed by atoms with Crippen LogP contribution in [-0.4, -0.2) is 7.11 Å². The van der Waals surface area contributed by atoms with Gasteiger partial charge in [-0.25, -0.2) is 0 Å². The molecular weight excluding hydrogens is 332 g/mol. The minimum atomic E-state index is 0.881. The van der Waals surface area contributed by atoms with E-state index >= 15 is 0 Å². The zero-order valence-electron chi connectivity index (χ0n) is 13.2. The Bertz CT molecular complexity index is 868. The second kappa shape index (κ2) is 6.63. The van der Waals surface area contributed by atoms with Gasteiger partial charge in [0, 0.05) is 9.75 Å². The van der Waals surface area contributed by atoms with Crippen LogP contribution >= 0.6 is 22.7 Å². The van der Waals surface area contributed by atoms with E-state index in [0.29, 0.717) is 0 Å². The van der Waals surface area contributed by atoms with Crippen LogP contribution in [0.4, 0.5) is 0 Å². The summed E-state index contributed by atoms with van der Waals surface area (Å²) < 4.78 is 5.27. The van der Waals surface area contributed by atoms with Gasteiger partial charge in [0.15, 0.2) is 0 Å². The molecule has 0 atom stereocenters. The standard InChI is InChI=1S/C21H16OS2/c1-22-19-8-6-15(7-9-19)16-12-17(20-4-2-10-23-20)14-18(13-16)21-5-3-11-24-21/h2-14H,1H3. The largest absolute Gasteiger partial charge is 0.497 e. The van der Waals surface area contributed by atoms with Crippen LogP contribution in [0.3, 0.4) is 0 Å². The summed E-state index contributed by atoms with van der Waals surface area (Å²) in [5, 5.41) is 4.25. The molecule has 4 aromatic rings. The average Bonchev–Trinajstić information content (AvgIpc) is 3.35. The highest BCUT2D eigenvalue weighted by Crippen LogP contribution is 2.36. The Kier molecular flexibility index (Phi) is 4.20. The van der Waals surface area contributed by atoms with E-state index in [0.717, 1.165) is 5.75 Å². The Morgan fingerprint density at radius 1 is 0.625 bits per heavy atom. The predicted molar refractivity (Wildman–Crippen MR) is 105 cm³/mol. The molecule has 0 N–H and O–H groups in total. The number of ether oxygens (including phenoxy) is 1. The molecule has 0 aliphatic carbocycles. The zero-order valence-corrected chi connectivity index (χ0v) is 14.9. The molecule has 2 aromatic heterocycles. The second-order valence-electron chi connectivity index (χ2n) is 5.48. The molecular formula is C21H16OS2. The highest BCUT2D eigenvalue weighted by molar-refractivity contribution is 7.14. The minimum Gasteiger partial charge on any atom is -0.497 e. The summed E-state index contributed by atoms with van der Waals surface area (Å²) in [6.45, 7) is 0. The van der Waals surface area contributed by atoms with E-state index < -0.39 is 0 Å². The lowest BCUT2D eigenvalue weighted by molar-refractivity contribution is 0.415. The van der Waals surface area contributed by atoms with Gasteiger partial charge in [0.05, 0.1) is 7.11 Å². The van der Waals surface area contributed by atoms with Gasteiger partial charge < -0.3 is 4.74 Å². The van der Waals surface area contributed by atoms with Crippen molar-refractivity contribution in [1.82, 2.24) is 0 Å². The molecule has 0 fully saturated rings. The smallest absolute Gasteiger partial charge is 0.118 e. The van der Waals surface area contributed by atoms with E-state index in [2.05, 4.69) is 65.4 Å². The summed E-state index contributed by atoms with van der Waals surface area (Å²) in [6, 6.07) is 23.6. The maximum atomic E-state index is 5.27. The first kappa shape index (κ1) is 15.2. The molecule has 0 saturated carbocycles. The first-order valence-corrected chi connectivity index (χ1v) is 9.47. The predicted octanol–water partition coefficient (Wildman–Crippen LogP) is 6.82. The van der Waals surface area contributed by atoms with Crippen molar-refractivity contribution >= 4 is 22.7 Å². The summed E-state index contributed by atoms with van der Waals surface area (Å²) in [6.07, 6.45) is 0. The highest BCUT2D eigenvalue weighted by atomic mass is 32.1. The van der Waals surface area contributed by atoms with Crippen LogP contribution in [0.1, 0.15) is 0 Å². The normalized spacial score (nSPS) is 10.7. The molecule has 0 aliphatic heterocycles. The first-order chi connectivity index (χ1) is 11.8. The number of hydrogen-bond acceptors (Lipinski definition) is 3. The third kappa shape index (κ3) is 3.01. The maximum Gasteiger partial charge on any atom is 0.118 e. The van der Waals surface area contributed by atoms with Crippen molar-refractivity contribution in [3.8, 4) is 37.8 Å². The van der Waals surface area contributed by atoms with Crippen LogP contribution in [0.25, 0.3) is 32.0 Å². The molecule has 118 valence electrons. The van der Waals surface area contributed by atoms with Crippen molar-refractivity contribution in [2.45, 2.75) is 0 Å². The van der Waals surface area contributed by atoms with Crippen molar-refractivity contribution < 1.29 is 4.74 Å². The third-order valence-electron chi connectivity index (χ3n) is 3.97. The van der Waals surface area contributed by atoms with E-state index in [-0.39, 0.29) is 0 Å². The average molecular weight is 348 g/mol. The third-order valence-corrected chi connectivity index (χ3v) is 5.81. The number of thiophene rings is 2. The lowest BCUT2D eigenvalue weighted by Gasteiger charge is -2.09. The summed E-state index contributed by atoms with van der Waals surface area (Å²) in [5.74, 6) is 0.881. The van der Waals surface area contributed by atoms with E-state index in [9.17, 15) is 0 Å². The molecule has 0 radical (unpaired) electrons. The van der Waals surface area contributed by atoms with Crippen molar-refractivity contribution in [3.05, 3.63) is 77.5 Å². The fourth-order valence-electron chi connectivity index (χ4n) is 2.75. The van der Waals surface area contributed by atoms with Gasteiger partial charge in [-0.1, -0.05) is 24.3 Å². The van der Waals surface area contributed by atoms with Crippen molar-refractivity contribution in [2.75, 3.05) is 7.11 Å². The molecule has 2 heterocycles. The van der Waals surface area contributed by atoms with Crippen LogP contribution in [0, 0.1) is 0 Å². The Morgan fingerprint density at radius 2 is 1.17 bits per heavy atom. The molecule has 0 bridgehead atoms. The molecule has 1 nitrogen and oxygen atoms in total. The Balaban J connectivity index is 1.86. The second-order valence-corrected chi connectivity index (χ2v) is 7.38. The quantitative estimate of drug-likeness (QED) is 0.393. The fraction of sp³-hybridized carbons (Fsp3) is 0.0476. The van der Waals surface area contributed by atoms with Gasteiger partial charge in [-0.05, 0) is 75.5 Å². The Morgan fingerprint density at radius 3 is 1.62 bits per heavy atom. The zero-order chi connectivity index (χ0) is 16.4. The maximum absolute atomic E-state index is 5.27. The number of methoxy groups -OCH3 is 1. The van der Waals surface area contributed by atoms with Gasteiger partial charge in [-0.2, -0.15) is 0 Å². The van der Waals surface area contributed by atoms with Gasteiger partial charge in [0.1, 0.15) is 5.75 Å². The van der Waals surface area contributed by atoms with E-state index in [4.69, 9.17) is 4.74 Å². The molecule has 3 heteroatoms. The van der Waals surface area contributed by atoms with E-state index in [1.165, 1.54) is 32.0 Å². The molecule has 0 aliphatic rings. The van der Waals surface area contributed by atoms with Gasteiger partial charge in [-0.15, -0.1) is 22.7 Å². The van der Waals surface area contributed by atoms with E-state index in [1.54, 1.807) is 29.8 Å². The number of benzene rings is 2. The molecule has 0 saturated heterocycles. The van der Waals surface area contributed by atoms with Gasteiger partial charge in [0.25, 0.3) is 0 Å². The summed E-state index contributed by atoms with van der Waals surface area (Å²) in [7, 11) is 1.70. The van der Waals surface area contributed by atoms with Gasteiger partial charge in [0.2, 0.25) is 0 Å². The van der Waals surface area contributed by atoms with E-state index in [1.807, 2.05) is 12.1 Å². The van der Waals surface area contributed by atoms with Crippen molar-refractivity contribution in [2.24, 2.45) is 0 Å². The lowest BCUT2D eigenvalue weighted by Crippen LogP contribution is -1.85. The van der Waals surface area contributed by atoms with Crippen LogP contribution in [0.2, 0.25) is 0 Å². The van der Waals surface area contributed by atoms with Crippen LogP contribution in [0.15, 0.2) is 77.5 Å². The summed E-state index contributed by atoms with van der Waals surface area (Å²) in [4.78, 5) is 2.59. The van der Waals surface area contributed by atoms with Crippen molar-refractivity contribution in [3.63, 3.8) is 0 Å². The monoisotopic (exact) mass is 348 g/mol. The van der Waals surface area contributed by atoms with Crippen LogP contribution in [-0.2, 0) is 0 Å². The molecule has 4 rings (SSSR count). The van der Waals surface area contributed by atoms with Gasteiger partial charge >= 0.3 is 0 Å². The molecule has 2 aromatic carbocycles. The highest BCUT2D eigenvalue weighted by Gasteiger charge is 2.08. The Hall–Kier alpha value is -2.36. The van der Waals surface area contributed by atoms with Crippen LogP contribution in [0.5, 0.6) is 5.75 Å². The molecule has 0 spiro atoms.